The zero-order valence-corrected chi connectivity index (χ0v) is 13.7. The standard InChI is InChI=1S/C18H18N6O/c25-18(11-24-13-20-12-22-24)23-8-4-16(10-23)15-3-7-21-17(9-15)14-1-5-19-6-2-14/h1-3,5-7,9,12-13,16H,4,8,10-11H2/t16-/m0/s1. The SMILES string of the molecule is O=C(Cn1cncn1)N1CC[C@H](c2ccnc(-c3ccncc3)c2)C1. The minimum Gasteiger partial charge on any atom is -0.340 e. The largest absolute Gasteiger partial charge is 0.340 e. The molecular formula is C18H18N6O. The topological polar surface area (TPSA) is 76.8 Å². The fourth-order valence-electron chi connectivity index (χ4n) is 3.19. The van der Waals surface area contributed by atoms with Crippen LogP contribution in [0.4, 0.5) is 0 Å². The molecule has 0 unspecified atom stereocenters. The van der Waals surface area contributed by atoms with Crippen molar-refractivity contribution >= 4 is 5.91 Å². The molecule has 0 N–H and O–H groups in total. The quantitative estimate of drug-likeness (QED) is 0.726. The van der Waals surface area contributed by atoms with Gasteiger partial charge in [-0.1, -0.05) is 0 Å². The molecule has 3 aromatic heterocycles. The fraction of sp³-hybridized carbons (Fsp3) is 0.278. The number of hydrogen-bond acceptors (Lipinski definition) is 5. The minimum atomic E-state index is 0.0800. The molecule has 4 heterocycles. The Morgan fingerprint density at radius 3 is 2.84 bits per heavy atom. The summed E-state index contributed by atoms with van der Waals surface area (Å²) in [5.74, 6) is 0.416. The number of rotatable bonds is 4. The van der Waals surface area contributed by atoms with Gasteiger partial charge in [0.25, 0.3) is 0 Å². The van der Waals surface area contributed by atoms with E-state index in [-0.39, 0.29) is 12.5 Å². The van der Waals surface area contributed by atoms with Crippen LogP contribution in [0.15, 0.2) is 55.5 Å². The summed E-state index contributed by atoms with van der Waals surface area (Å²) in [6.45, 7) is 1.74. The first kappa shape index (κ1) is 15.4. The van der Waals surface area contributed by atoms with Gasteiger partial charge in [0.05, 0.1) is 5.69 Å². The molecule has 0 bridgehead atoms. The van der Waals surface area contributed by atoms with Crippen LogP contribution in [0.2, 0.25) is 0 Å². The van der Waals surface area contributed by atoms with E-state index in [1.54, 1.807) is 23.4 Å². The average molecular weight is 334 g/mol. The van der Waals surface area contributed by atoms with Crippen molar-refractivity contribution in [2.45, 2.75) is 18.9 Å². The Hall–Kier alpha value is -3.09. The lowest BCUT2D eigenvalue weighted by atomic mass is 9.98. The average Bonchev–Trinajstić information content (AvgIpc) is 3.34. The van der Waals surface area contributed by atoms with Crippen molar-refractivity contribution in [1.82, 2.24) is 29.6 Å². The van der Waals surface area contributed by atoms with Gasteiger partial charge in [-0.15, -0.1) is 0 Å². The van der Waals surface area contributed by atoms with Crippen molar-refractivity contribution < 1.29 is 4.79 Å². The van der Waals surface area contributed by atoms with Crippen LogP contribution in [-0.2, 0) is 11.3 Å². The molecule has 0 radical (unpaired) electrons. The lowest BCUT2D eigenvalue weighted by Crippen LogP contribution is -2.31. The second-order valence-electron chi connectivity index (χ2n) is 6.13. The van der Waals surface area contributed by atoms with Gasteiger partial charge in [0.1, 0.15) is 19.2 Å². The zero-order chi connectivity index (χ0) is 17.1. The third-order valence-corrected chi connectivity index (χ3v) is 4.54. The van der Waals surface area contributed by atoms with E-state index in [1.165, 1.54) is 11.9 Å². The van der Waals surface area contributed by atoms with Crippen molar-refractivity contribution in [2.75, 3.05) is 13.1 Å². The maximum Gasteiger partial charge on any atom is 0.244 e. The van der Waals surface area contributed by atoms with E-state index in [4.69, 9.17) is 0 Å². The predicted molar refractivity (Wildman–Crippen MR) is 91.4 cm³/mol. The summed E-state index contributed by atoms with van der Waals surface area (Å²) in [4.78, 5) is 26.7. The van der Waals surface area contributed by atoms with Gasteiger partial charge in [-0.2, -0.15) is 5.10 Å². The first-order valence-corrected chi connectivity index (χ1v) is 8.26. The van der Waals surface area contributed by atoms with Crippen molar-refractivity contribution in [3.8, 4) is 11.3 Å². The number of carbonyl (C=O) groups excluding carboxylic acids is 1. The van der Waals surface area contributed by atoms with Crippen LogP contribution in [0.5, 0.6) is 0 Å². The number of amides is 1. The molecule has 0 spiro atoms. The van der Waals surface area contributed by atoms with E-state index in [0.29, 0.717) is 5.92 Å². The molecule has 1 fully saturated rings. The maximum absolute atomic E-state index is 12.4. The first-order chi connectivity index (χ1) is 12.3. The highest BCUT2D eigenvalue weighted by molar-refractivity contribution is 5.76. The van der Waals surface area contributed by atoms with E-state index in [0.717, 1.165) is 30.8 Å². The number of likely N-dealkylation sites (tertiary alicyclic amines) is 1. The van der Waals surface area contributed by atoms with Crippen molar-refractivity contribution in [1.29, 1.82) is 0 Å². The molecule has 1 amide bonds. The molecule has 3 aromatic rings. The predicted octanol–water partition coefficient (Wildman–Crippen LogP) is 1.75. The summed E-state index contributed by atoms with van der Waals surface area (Å²) in [7, 11) is 0. The van der Waals surface area contributed by atoms with E-state index < -0.39 is 0 Å². The second-order valence-corrected chi connectivity index (χ2v) is 6.13. The van der Waals surface area contributed by atoms with Crippen LogP contribution in [0, 0.1) is 0 Å². The molecule has 0 aromatic carbocycles. The van der Waals surface area contributed by atoms with Gasteiger partial charge in [-0.05, 0) is 36.2 Å². The molecule has 7 heteroatoms. The number of nitrogens with zero attached hydrogens (tertiary/aromatic N) is 6. The Morgan fingerprint density at radius 1 is 1.16 bits per heavy atom. The van der Waals surface area contributed by atoms with Gasteiger partial charge in [-0.3, -0.25) is 14.8 Å². The highest BCUT2D eigenvalue weighted by Gasteiger charge is 2.27. The van der Waals surface area contributed by atoms with Crippen molar-refractivity contribution in [2.24, 2.45) is 0 Å². The van der Waals surface area contributed by atoms with Gasteiger partial charge in [0.2, 0.25) is 5.91 Å². The number of aromatic nitrogens is 5. The highest BCUT2D eigenvalue weighted by Crippen LogP contribution is 2.29. The molecular weight excluding hydrogens is 316 g/mol. The molecule has 0 saturated carbocycles. The van der Waals surface area contributed by atoms with Crippen LogP contribution in [0.3, 0.4) is 0 Å². The van der Waals surface area contributed by atoms with Crippen LogP contribution >= 0.6 is 0 Å². The zero-order valence-electron chi connectivity index (χ0n) is 13.7. The molecule has 126 valence electrons. The Morgan fingerprint density at radius 2 is 2.04 bits per heavy atom. The molecule has 25 heavy (non-hydrogen) atoms. The minimum absolute atomic E-state index is 0.0800. The summed E-state index contributed by atoms with van der Waals surface area (Å²) in [6, 6.07) is 8.07. The van der Waals surface area contributed by atoms with Crippen LogP contribution in [-0.4, -0.2) is 48.6 Å². The molecule has 1 aliphatic rings. The summed E-state index contributed by atoms with van der Waals surface area (Å²) in [5.41, 5.74) is 3.21. The number of pyridine rings is 2. The molecule has 0 aliphatic carbocycles. The third-order valence-electron chi connectivity index (χ3n) is 4.54. The van der Waals surface area contributed by atoms with Crippen LogP contribution < -0.4 is 0 Å². The molecule has 1 atom stereocenters. The van der Waals surface area contributed by atoms with Crippen LogP contribution in [0.25, 0.3) is 11.3 Å². The lowest BCUT2D eigenvalue weighted by Gasteiger charge is -2.17. The monoisotopic (exact) mass is 334 g/mol. The lowest BCUT2D eigenvalue weighted by molar-refractivity contribution is -0.131. The van der Waals surface area contributed by atoms with Gasteiger partial charge in [0, 0.05) is 43.2 Å². The maximum atomic E-state index is 12.4. The van der Waals surface area contributed by atoms with E-state index in [2.05, 4.69) is 26.1 Å². The van der Waals surface area contributed by atoms with E-state index in [9.17, 15) is 4.79 Å². The molecule has 7 nitrogen and oxygen atoms in total. The Labute approximate surface area is 145 Å². The second kappa shape index (κ2) is 6.80. The Kier molecular flexibility index (Phi) is 4.20. The molecule has 4 rings (SSSR count). The van der Waals surface area contributed by atoms with Crippen molar-refractivity contribution in [3.05, 3.63) is 61.1 Å². The summed E-state index contributed by atoms with van der Waals surface area (Å²) < 4.78 is 1.56. The van der Waals surface area contributed by atoms with E-state index in [1.807, 2.05) is 29.3 Å². The molecule has 1 aliphatic heterocycles. The first-order valence-electron chi connectivity index (χ1n) is 8.26. The normalized spacial score (nSPS) is 17.0. The van der Waals surface area contributed by atoms with E-state index >= 15 is 0 Å². The van der Waals surface area contributed by atoms with Gasteiger partial charge < -0.3 is 4.90 Å². The number of carbonyl (C=O) groups is 1. The summed E-state index contributed by atoms with van der Waals surface area (Å²) in [5, 5.41) is 3.99. The van der Waals surface area contributed by atoms with Gasteiger partial charge >= 0.3 is 0 Å². The van der Waals surface area contributed by atoms with Crippen LogP contribution in [0.1, 0.15) is 17.9 Å². The van der Waals surface area contributed by atoms with Gasteiger partial charge in [-0.25, -0.2) is 9.67 Å². The smallest absolute Gasteiger partial charge is 0.244 e. The fourth-order valence-corrected chi connectivity index (χ4v) is 3.19. The highest BCUT2D eigenvalue weighted by atomic mass is 16.2. The molecule has 1 saturated heterocycles. The Balaban J connectivity index is 1.46. The van der Waals surface area contributed by atoms with Crippen molar-refractivity contribution in [3.63, 3.8) is 0 Å². The van der Waals surface area contributed by atoms with Gasteiger partial charge in [0.15, 0.2) is 0 Å². The summed E-state index contributed by atoms with van der Waals surface area (Å²) >= 11 is 0. The summed E-state index contributed by atoms with van der Waals surface area (Å²) in [6.07, 6.45) is 9.34. The Bertz CT molecular complexity index is 849. The third kappa shape index (κ3) is 3.40. The number of hydrogen-bond donors (Lipinski definition) is 0.